The first-order valence-corrected chi connectivity index (χ1v) is 7.02. The molecule has 0 bridgehead atoms. The minimum absolute atomic E-state index is 0.00271. The Morgan fingerprint density at radius 3 is 2.28 bits per heavy atom. The van der Waals surface area contributed by atoms with Gasteiger partial charge in [0.15, 0.2) is 0 Å². The fourth-order valence-corrected chi connectivity index (χ4v) is 2.51. The lowest BCUT2D eigenvalue weighted by atomic mass is 9.91. The predicted octanol–water partition coefficient (Wildman–Crippen LogP) is 2.08. The van der Waals surface area contributed by atoms with Gasteiger partial charge in [-0.1, -0.05) is 27.2 Å². The molecule has 2 atom stereocenters. The number of hydrogen-bond donors (Lipinski definition) is 1. The van der Waals surface area contributed by atoms with Crippen molar-refractivity contribution in [3.8, 4) is 0 Å². The molecule has 1 saturated heterocycles. The molecule has 0 spiro atoms. The van der Waals surface area contributed by atoms with Crippen LogP contribution in [0.4, 0.5) is 0 Å². The second-order valence-corrected chi connectivity index (χ2v) is 5.65. The summed E-state index contributed by atoms with van der Waals surface area (Å²) in [7, 11) is 0. The molecule has 104 valence electrons. The fraction of sp³-hybridized carbons (Fsp3) is 0.857. The van der Waals surface area contributed by atoms with Crippen LogP contribution < -0.4 is 5.32 Å². The number of carbonyl (C=O) groups is 2. The summed E-state index contributed by atoms with van der Waals surface area (Å²) in [4.78, 5) is 26.5. The van der Waals surface area contributed by atoms with E-state index in [1.165, 1.54) is 0 Å². The van der Waals surface area contributed by atoms with Gasteiger partial charge in [-0.3, -0.25) is 9.59 Å². The van der Waals surface area contributed by atoms with Crippen LogP contribution in [-0.2, 0) is 9.59 Å². The van der Waals surface area contributed by atoms with Crippen molar-refractivity contribution in [3.05, 3.63) is 0 Å². The highest BCUT2D eigenvalue weighted by atomic mass is 16.2. The van der Waals surface area contributed by atoms with Gasteiger partial charge in [0.1, 0.15) is 12.1 Å². The summed E-state index contributed by atoms with van der Waals surface area (Å²) in [6.45, 7) is 10.1. The molecule has 0 aliphatic carbocycles. The molecule has 0 aromatic heterocycles. The lowest BCUT2D eigenvalue weighted by Gasteiger charge is -2.47. The predicted molar refractivity (Wildman–Crippen MR) is 72.1 cm³/mol. The summed E-state index contributed by atoms with van der Waals surface area (Å²) in [5.74, 6) is 0.0761. The van der Waals surface area contributed by atoms with E-state index in [1.54, 1.807) is 0 Å². The maximum absolute atomic E-state index is 12.5. The minimum atomic E-state index is -0.337. The molecule has 0 aromatic carbocycles. The van der Waals surface area contributed by atoms with Crippen LogP contribution in [0, 0.1) is 0 Å². The first kappa shape index (κ1) is 15.0. The van der Waals surface area contributed by atoms with E-state index in [-0.39, 0.29) is 29.4 Å². The van der Waals surface area contributed by atoms with Crippen LogP contribution in [0.25, 0.3) is 0 Å². The van der Waals surface area contributed by atoms with Gasteiger partial charge in [-0.05, 0) is 33.1 Å². The van der Waals surface area contributed by atoms with E-state index in [1.807, 2.05) is 32.6 Å². The van der Waals surface area contributed by atoms with Gasteiger partial charge in [0.05, 0.1) is 0 Å². The normalized spacial score (nSPS) is 25.3. The second kappa shape index (κ2) is 5.72. The third kappa shape index (κ3) is 2.68. The quantitative estimate of drug-likeness (QED) is 0.816. The second-order valence-electron chi connectivity index (χ2n) is 5.65. The number of amides is 2. The standard InChI is InChI=1S/C14H26N2O2/c1-6-9-10-13(18)16(14(4,5)8-3)11(7-2)12(17)15-10/h10-11H,6-9H2,1-5H3,(H,15,17). The average molecular weight is 254 g/mol. The summed E-state index contributed by atoms with van der Waals surface area (Å²) in [6.07, 6.45) is 3.13. The summed E-state index contributed by atoms with van der Waals surface area (Å²) in [5, 5.41) is 2.86. The Hall–Kier alpha value is -1.06. The summed E-state index contributed by atoms with van der Waals surface area (Å²) < 4.78 is 0. The van der Waals surface area contributed by atoms with Crippen LogP contribution in [0.2, 0.25) is 0 Å². The van der Waals surface area contributed by atoms with Crippen molar-refractivity contribution in [2.24, 2.45) is 0 Å². The Labute approximate surface area is 110 Å². The van der Waals surface area contributed by atoms with Gasteiger partial charge in [0.25, 0.3) is 0 Å². The molecule has 2 unspecified atom stereocenters. The van der Waals surface area contributed by atoms with E-state index in [0.717, 1.165) is 19.3 Å². The Morgan fingerprint density at radius 2 is 1.83 bits per heavy atom. The maximum Gasteiger partial charge on any atom is 0.246 e. The highest BCUT2D eigenvalue weighted by Crippen LogP contribution is 2.27. The third-order valence-electron chi connectivity index (χ3n) is 3.95. The fourth-order valence-electron chi connectivity index (χ4n) is 2.51. The molecular weight excluding hydrogens is 228 g/mol. The van der Waals surface area contributed by atoms with E-state index in [4.69, 9.17) is 0 Å². The van der Waals surface area contributed by atoms with Crippen molar-refractivity contribution >= 4 is 11.8 Å². The van der Waals surface area contributed by atoms with Gasteiger partial charge in [-0.2, -0.15) is 0 Å². The maximum atomic E-state index is 12.5. The molecular formula is C14H26N2O2. The molecule has 1 aliphatic rings. The highest BCUT2D eigenvalue weighted by Gasteiger charge is 2.44. The molecule has 1 N–H and O–H groups in total. The molecule has 2 amide bonds. The number of rotatable bonds is 5. The summed E-state index contributed by atoms with van der Waals surface area (Å²) in [6, 6.07) is -0.656. The van der Waals surface area contributed by atoms with Crippen molar-refractivity contribution in [2.75, 3.05) is 0 Å². The van der Waals surface area contributed by atoms with Gasteiger partial charge < -0.3 is 10.2 Å². The van der Waals surface area contributed by atoms with Gasteiger partial charge in [0.2, 0.25) is 11.8 Å². The first-order chi connectivity index (χ1) is 8.38. The number of nitrogens with zero attached hydrogens (tertiary/aromatic N) is 1. The molecule has 0 radical (unpaired) electrons. The van der Waals surface area contributed by atoms with Crippen LogP contribution in [0.1, 0.15) is 60.3 Å². The van der Waals surface area contributed by atoms with Gasteiger partial charge in [-0.25, -0.2) is 0 Å². The Kier molecular flexibility index (Phi) is 4.77. The molecule has 0 saturated carbocycles. The zero-order chi connectivity index (χ0) is 13.9. The lowest BCUT2D eigenvalue weighted by molar-refractivity contribution is -0.156. The Balaban J connectivity index is 3.06. The highest BCUT2D eigenvalue weighted by molar-refractivity contribution is 5.97. The average Bonchev–Trinajstić information content (AvgIpc) is 2.32. The van der Waals surface area contributed by atoms with Gasteiger partial charge >= 0.3 is 0 Å². The van der Waals surface area contributed by atoms with Gasteiger partial charge in [-0.15, -0.1) is 0 Å². The zero-order valence-corrected chi connectivity index (χ0v) is 12.2. The van der Waals surface area contributed by atoms with E-state index >= 15 is 0 Å². The first-order valence-electron chi connectivity index (χ1n) is 7.02. The van der Waals surface area contributed by atoms with Crippen LogP contribution in [0.15, 0.2) is 0 Å². The molecule has 4 heteroatoms. The lowest BCUT2D eigenvalue weighted by Crippen LogP contribution is -2.68. The van der Waals surface area contributed by atoms with Crippen molar-refractivity contribution in [1.82, 2.24) is 10.2 Å². The molecule has 4 nitrogen and oxygen atoms in total. The zero-order valence-electron chi connectivity index (χ0n) is 12.2. The molecule has 1 fully saturated rings. The van der Waals surface area contributed by atoms with Crippen LogP contribution in [-0.4, -0.2) is 34.3 Å². The van der Waals surface area contributed by atoms with Gasteiger partial charge in [0, 0.05) is 5.54 Å². The van der Waals surface area contributed by atoms with Crippen LogP contribution in [0.5, 0.6) is 0 Å². The third-order valence-corrected chi connectivity index (χ3v) is 3.95. The van der Waals surface area contributed by atoms with Crippen molar-refractivity contribution in [2.45, 2.75) is 77.9 Å². The Morgan fingerprint density at radius 1 is 1.22 bits per heavy atom. The number of piperazine rings is 1. The number of hydrogen-bond acceptors (Lipinski definition) is 2. The van der Waals surface area contributed by atoms with E-state index in [9.17, 15) is 9.59 Å². The molecule has 18 heavy (non-hydrogen) atoms. The van der Waals surface area contributed by atoms with E-state index < -0.39 is 0 Å². The van der Waals surface area contributed by atoms with E-state index in [0.29, 0.717) is 6.42 Å². The summed E-state index contributed by atoms with van der Waals surface area (Å²) >= 11 is 0. The Bertz CT molecular complexity index is 326. The van der Waals surface area contributed by atoms with Crippen molar-refractivity contribution in [1.29, 1.82) is 0 Å². The molecule has 0 aromatic rings. The minimum Gasteiger partial charge on any atom is -0.343 e. The van der Waals surface area contributed by atoms with Crippen LogP contribution in [0.3, 0.4) is 0 Å². The molecule has 1 rings (SSSR count). The smallest absolute Gasteiger partial charge is 0.246 e. The van der Waals surface area contributed by atoms with Crippen LogP contribution >= 0.6 is 0 Å². The van der Waals surface area contributed by atoms with Crippen molar-refractivity contribution in [3.63, 3.8) is 0 Å². The van der Waals surface area contributed by atoms with Crippen molar-refractivity contribution < 1.29 is 9.59 Å². The summed E-state index contributed by atoms with van der Waals surface area (Å²) in [5.41, 5.74) is -0.262. The number of carbonyl (C=O) groups excluding carboxylic acids is 2. The molecule has 1 aliphatic heterocycles. The van der Waals surface area contributed by atoms with E-state index in [2.05, 4.69) is 12.2 Å². The monoisotopic (exact) mass is 254 g/mol. The topological polar surface area (TPSA) is 49.4 Å². The SMILES string of the molecule is CCCC1NC(=O)C(CC)N(C(C)(C)CC)C1=O. The number of nitrogens with one attached hydrogen (secondary N) is 1. The molecule has 1 heterocycles. The largest absolute Gasteiger partial charge is 0.343 e.